The van der Waals surface area contributed by atoms with Gasteiger partial charge in [-0.25, -0.2) is 4.39 Å². The molecule has 0 spiro atoms. The van der Waals surface area contributed by atoms with Gasteiger partial charge < -0.3 is 20.8 Å². The lowest BCUT2D eigenvalue weighted by molar-refractivity contribution is -0.136. The van der Waals surface area contributed by atoms with Gasteiger partial charge in [-0.3, -0.25) is 14.4 Å². The van der Waals surface area contributed by atoms with E-state index in [1.165, 1.54) is 6.07 Å². The first-order chi connectivity index (χ1) is 11.0. The number of benzene rings is 1. The van der Waals surface area contributed by atoms with Crippen LogP contribution in [-0.2, 0) is 9.59 Å². The van der Waals surface area contributed by atoms with Gasteiger partial charge in [0.05, 0.1) is 0 Å². The highest BCUT2D eigenvalue weighted by Crippen LogP contribution is 2.31. The summed E-state index contributed by atoms with van der Waals surface area (Å²) in [6.07, 6.45) is 2.05. The van der Waals surface area contributed by atoms with Crippen LogP contribution >= 0.6 is 0 Å². The second kappa shape index (κ2) is 5.71. The van der Waals surface area contributed by atoms with E-state index in [0.29, 0.717) is 12.5 Å². The molecule has 3 amide bonds. The normalized spacial score (nSPS) is 13.8. The van der Waals surface area contributed by atoms with Crippen LogP contribution in [0.25, 0.3) is 11.0 Å². The summed E-state index contributed by atoms with van der Waals surface area (Å²) in [6.45, 7) is 0.426. The molecule has 0 saturated heterocycles. The number of hydrogen-bond acceptors (Lipinski definition) is 4. The van der Waals surface area contributed by atoms with Crippen LogP contribution in [0, 0.1) is 11.7 Å². The van der Waals surface area contributed by atoms with Gasteiger partial charge in [0, 0.05) is 11.9 Å². The smallest absolute Gasteiger partial charge is 0.313 e. The summed E-state index contributed by atoms with van der Waals surface area (Å²) < 4.78 is 18.6. The number of hydrogen-bond donors (Lipinski definition) is 3. The van der Waals surface area contributed by atoms with Gasteiger partial charge in [0.2, 0.25) is 5.76 Å². The van der Waals surface area contributed by atoms with E-state index in [9.17, 15) is 18.8 Å². The zero-order chi connectivity index (χ0) is 16.6. The molecule has 0 bridgehead atoms. The van der Waals surface area contributed by atoms with Crippen molar-refractivity contribution < 1.29 is 23.2 Å². The fourth-order valence-electron chi connectivity index (χ4n) is 2.18. The van der Waals surface area contributed by atoms with Crippen molar-refractivity contribution in [3.63, 3.8) is 0 Å². The number of nitrogens with one attached hydrogen (secondary N) is 2. The first kappa shape index (κ1) is 15.0. The Balaban J connectivity index is 1.86. The van der Waals surface area contributed by atoms with E-state index in [2.05, 4.69) is 10.6 Å². The summed E-state index contributed by atoms with van der Waals surface area (Å²) in [4.78, 5) is 35.1. The molecule has 8 heteroatoms. The lowest BCUT2D eigenvalue weighted by atomic mass is 10.2. The van der Waals surface area contributed by atoms with E-state index in [0.717, 1.165) is 25.0 Å². The lowest BCUT2D eigenvalue weighted by Gasteiger charge is -2.05. The number of nitrogens with two attached hydrogens (primary N) is 1. The summed E-state index contributed by atoms with van der Waals surface area (Å²) in [5, 5.41) is 4.92. The maximum absolute atomic E-state index is 13.4. The fraction of sp³-hybridized carbons (Fsp3) is 0.267. The molecule has 3 rings (SSSR count). The number of halogens is 1. The molecule has 0 radical (unpaired) electrons. The zero-order valence-corrected chi connectivity index (χ0v) is 12.0. The van der Waals surface area contributed by atoms with E-state index in [1.807, 2.05) is 0 Å². The second-order valence-electron chi connectivity index (χ2n) is 5.42. The molecule has 1 aromatic heterocycles. The van der Waals surface area contributed by atoms with Gasteiger partial charge in [-0.15, -0.1) is 0 Å². The quantitative estimate of drug-likeness (QED) is 0.733. The predicted molar refractivity (Wildman–Crippen MR) is 79.1 cm³/mol. The highest BCUT2D eigenvalue weighted by Gasteiger charge is 2.26. The number of primary amides is 1. The summed E-state index contributed by atoms with van der Waals surface area (Å²) in [5.41, 5.74) is 5.26. The van der Waals surface area contributed by atoms with Gasteiger partial charge in [-0.05, 0) is 37.0 Å². The van der Waals surface area contributed by atoms with Gasteiger partial charge in [-0.1, -0.05) is 0 Å². The average molecular weight is 319 g/mol. The van der Waals surface area contributed by atoms with Crippen molar-refractivity contribution in [2.24, 2.45) is 11.7 Å². The molecule has 1 heterocycles. The Bertz CT molecular complexity index is 810. The molecular weight excluding hydrogens is 305 g/mol. The Morgan fingerprint density at radius 3 is 2.65 bits per heavy atom. The number of anilines is 1. The number of fused-ring (bicyclic) bond motifs is 1. The first-order valence-corrected chi connectivity index (χ1v) is 7.06. The molecular formula is C15H14FN3O4. The Kier molecular flexibility index (Phi) is 3.73. The van der Waals surface area contributed by atoms with Crippen LogP contribution in [0.1, 0.15) is 23.4 Å². The number of rotatable bonds is 4. The standard InChI is InChI=1S/C15H14FN3O4/c16-8-3-4-10-9(5-8)11(12(23-10)13(17)20)19-15(22)14(21)18-6-7-1-2-7/h3-5,7H,1-2,6H2,(H2,17,20)(H,18,21)(H,19,22). The van der Waals surface area contributed by atoms with Crippen molar-refractivity contribution in [1.82, 2.24) is 5.32 Å². The monoisotopic (exact) mass is 319 g/mol. The minimum absolute atomic E-state index is 0.112. The highest BCUT2D eigenvalue weighted by molar-refractivity contribution is 6.40. The van der Waals surface area contributed by atoms with E-state index in [-0.39, 0.29) is 22.4 Å². The molecule has 1 saturated carbocycles. The SMILES string of the molecule is NC(=O)c1oc2ccc(F)cc2c1NC(=O)C(=O)NCC1CC1. The molecule has 1 aliphatic carbocycles. The first-order valence-electron chi connectivity index (χ1n) is 7.06. The molecule has 120 valence electrons. The Labute approximate surface area is 130 Å². The van der Waals surface area contributed by atoms with E-state index in [1.54, 1.807) is 0 Å². The minimum atomic E-state index is -0.972. The third kappa shape index (κ3) is 3.15. The van der Waals surface area contributed by atoms with Crippen LogP contribution in [0.15, 0.2) is 22.6 Å². The van der Waals surface area contributed by atoms with Crippen LogP contribution in [0.5, 0.6) is 0 Å². The second-order valence-corrected chi connectivity index (χ2v) is 5.42. The number of furan rings is 1. The zero-order valence-electron chi connectivity index (χ0n) is 12.0. The molecule has 1 aromatic carbocycles. The lowest BCUT2D eigenvalue weighted by Crippen LogP contribution is -2.36. The van der Waals surface area contributed by atoms with Crippen LogP contribution in [-0.4, -0.2) is 24.3 Å². The molecule has 2 aromatic rings. The minimum Gasteiger partial charge on any atom is -0.449 e. The molecule has 0 atom stereocenters. The predicted octanol–water partition coefficient (Wildman–Crippen LogP) is 1.14. The fourth-order valence-corrected chi connectivity index (χ4v) is 2.18. The maximum atomic E-state index is 13.4. The third-order valence-corrected chi connectivity index (χ3v) is 3.57. The summed E-state index contributed by atoms with van der Waals surface area (Å²) in [6, 6.07) is 3.54. The molecule has 1 fully saturated rings. The van der Waals surface area contributed by atoms with Crippen molar-refractivity contribution in [2.45, 2.75) is 12.8 Å². The average Bonchev–Trinajstić information content (AvgIpc) is 3.27. The van der Waals surface area contributed by atoms with Gasteiger partial charge in [0.1, 0.15) is 17.1 Å². The van der Waals surface area contributed by atoms with Gasteiger partial charge in [-0.2, -0.15) is 0 Å². The molecule has 4 N–H and O–H groups in total. The van der Waals surface area contributed by atoms with E-state index in [4.69, 9.17) is 10.2 Å². The maximum Gasteiger partial charge on any atom is 0.313 e. The van der Waals surface area contributed by atoms with Crippen LogP contribution in [0.3, 0.4) is 0 Å². The number of carbonyl (C=O) groups is 3. The topological polar surface area (TPSA) is 114 Å². The third-order valence-electron chi connectivity index (χ3n) is 3.57. The summed E-state index contributed by atoms with van der Waals surface area (Å²) >= 11 is 0. The Morgan fingerprint density at radius 2 is 2.00 bits per heavy atom. The molecule has 23 heavy (non-hydrogen) atoms. The molecule has 7 nitrogen and oxygen atoms in total. The largest absolute Gasteiger partial charge is 0.449 e. The van der Waals surface area contributed by atoms with Crippen molar-refractivity contribution in [3.8, 4) is 0 Å². The van der Waals surface area contributed by atoms with Gasteiger partial charge in [0.15, 0.2) is 0 Å². The van der Waals surface area contributed by atoms with Crippen LogP contribution < -0.4 is 16.4 Å². The van der Waals surface area contributed by atoms with Crippen LogP contribution in [0.4, 0.5) is 10.1 Å². The van der Waals surface area contributed by atoms with Crippen molar-refractivity contribution in [1.29, 1.82) is 0 Å². The summed E-state index contributed by atoms with van der Waals surface area (Å²) in [7, 11) is 0. The molecule has 1 aliphatic rings. The summed E-state index contributed by atoms with van der Waals surface area (Å²) in [5.74, 6) is -3.25. The molecule has 0 aliphatic heterocycles. The number of amides is 3. The van der Waals surface area contributed by atoms with Crippen molar-refractivity contribution >= 4 is 34.4 Å². The van der Waals surface area contributed by atoms with Crippen LogP contribution in [0.2, 0.25) is 0 Å². The van der Waals surface area contributed by atoms with Crippen molar-refractivity contribution in [2.75, 3.05) is 11.9 Å². The van der Waals surface area contributed by atoms with E-state index < -0.39 is 23.5 Å². The van der Waals surface area contributed by atoms with Crippen molar-refractivity contribution in [3.05, 3.63) is 29.8 Å². The van der Waals surface area contributed by atoms with Gasteiger partial charge >= 0.3 is 11.8 Å². The Hall–Kier alpha value is -2.90. The number of carbonyl (C=O) groups excluding carboxylic acids is 3. The van der Waals surface area contributed by atoms with E-state index >= 15 is 0 Å². The molecule has 0 unspecified atom stereocenters. The highest BCUT2D eigenvalue weighted by atomic mass is 19.1. The van der Waals surface area contributed by atoms with Gasteiger partial charge in [0.25, 0.3) is 5.91 Å². The Morgan fingerprint density at radius 1 is 1.26 bits per heavy atom.